The first-order valence-corrected chi connectivity index (χ1v) is 18.7. The minimum absolute atomic E-state index is 0.555. The Hall–Kier alpha value is -6.96. The first kappa shape index (κ1) is 31.7. The maximum Gasteiger partial charge on any atom is 0.0719 e. The molecule has 1 aliphatic carbocycles. The molecule has 0 spiro atoms. The highest BCUT2D eigenvalue weighted by Crippen LogP contribution is 2.60. The largest absolute Gasteiger partial charge is 0.310 e. The van der Waals surface area contributed by atoms with Gasteiger partial charge in [0.1, 0.15) is 0 Å². The molecule has 54 heavy (non-hydrogen) atoms. The number of nitrogens with zero attached hydrogens (tertiary/aromatic N) is 1. The third-order valence-electron chi connectivity index (χ3n) is 11.1. The van der Waals surface area contributed by atoms with Crippen molar-refractivity contribution in [3.05, 3.63) is 247 Å². The van der Waals surface area contributed by atoms with E-state index in [1.165, 1.54) is 66.4 Å². The van der Waals surface area contributed by atoms with E-state index in [9.17, 15) is 0 Å². The van der Waals surface area contributed by atoms with Gasteiger partial charge in [-0.05, 0) is 97.4 Å². The molecule has 0 aliphatic heterocycles. The van der Waals surface area contributed by atoms with Crippen LogP contribution in [0.3, 0.4) is 0 Å². The third-order valence-corrected chi connectivity index (χ3v) is 11.1. The number of rotatable bonds is 7. The van der Waals surface area contributed by atoms with E-state index in [1.54, 1.807) is 0 Å². The summed E-state index contributed by atoms with van der Waals surface area (Å²) in [6, 6.07) is 82.1. The lowest BCUT2D eigenvalue weighted by Crippen LogP contribution is -2.29. The van der Waals surface area contributed by atoms with E-state index >= 15 is 0 Å². The quantitative estimate of drug-likeness (QED) is 0.161. The fourth-order valence-corrected chi connectivity index (χ4v) is 8.79. The second-order valence-corrected chi connectivity index (χ2v) is 14.1. The Morgan fingerprint density at radius 2 is 0.796 bits per heavy atom. The standard InChI is InChI=1S/C53H37N/c1-6-19-38(20-7-1)40-23-18-30-45(35-40)54(44-28-14-5-15-29-44)51-37-49-46-34-33-41(39-21-8-2-9-22-39)36-50(46)53(42-24-10-3-11-25-42,43-26-12-4-13-27-43)52(49)48-32-17-16-31-47(48)51/h1-37H. The summed E-state index contributed by atoms with van der Waals surface area (Å²) >= 11 is 0. The molecule has 0 unspecified atom stereocenters. The molecule has 254 valence electrons. The summed E-state index contributed by atoms with van der Waals surface area (Å²) < 4.78 is 0. The van der Waals surface area contributed by atoms with Gasteiger partial charge in [0.15, 0.2) is 0 Å². The summed E-state index contributed by atoms with van der Waals surface area (Å²) in [4.78, 5) is 2.44. The lowest BCUT2D eigenvalue weighted by atomic mass is 9.66. The minimum atomic E-state index is -0.555. The van der Waals surface area contributed by atoms with Crippen LogP contribution in [0.2, 0.25) is 0 Å². The van der Waals surface area contributed by atoms with Gasteiger partial charge < -0.3 is 4.90 Å². The highest BCUT2D eigenvalue weighted by molar-refractivity contribution is 6.09. The van der Waals surface area contributed by atoms with Gasteiger partial charge in [-0.1, -0.05) is 188 Å². The lowest BCUT2D eigenvalue weighted by Gasteiger charge is -2.35. The fourth-order valence-electron chi connectivity index (χ4n) is 8.79. The molecule has 10 rings (SSSR count). The van der Waals surface area contributed by atoms with Crippen molar-refractivity contribution < 1.29 is 0 Å². The second kappa shape index (κ2) is 13.2. The van der Waals surface area contributed by atoms with Crippen LogP contribution in [0, 0.1) is 0 Å². The molecule has 0 bridgehead atoms. The number of anilines is 3. The van der Waals surface area contributed by atoms with E-state index < -0.39 is 5.41 Å². The van der Waals surface area contributed by atoms with Gasteiger partial charge in [-0.3, -0.25) is 0 Å². The van der Waals surface area contributed by atoms with E-state index in [4.69, 9.17) is 0 Å². The number of hydrogen-bond acceptors (Lipinski definition) is 1. The minimum Gasteiger partial charge on any atom is -0.310 e. The lowest BCUT2D eigenvalue weighted by molar-refractivity contribution is 0.776. The van der Waals surface area contributed by atoms with Gasteiger partial charge in [-0.25, -0.2) is 0 Å². The summed E-state index contributed by atoms with van der Waals surface area (Å²) in [5.74, 6) is 0. The summed E-state index contributed by atoms with van der Waals surface area (Å²) in [5, 5.41) is 2.45. The molecule has 1 heteroatoms. The zero-order valence-corrected chi connectivity index (χ0v) is 29.8. The number of hydrogen-bond donors (Lipinski definition) is 0. The second-order valence-electron chi connectivity index (χ2n) is 14.1. The van der Waals surface area contributed by atoms with Gasteiger partial charge >= 0.3 is 0 Å². The summed E-state index contributed by atoms with van der Waals surface area (Å²) in [5.41, 5.74) is 15.3. The van der Waals surface area contributed by atoms with Crippen LogP contribution in [0.25, 0.3) is 44.2 Å². The van der Waals surface area contributed by atoms with Crippen molar-refractivity contribution in [3.63, 3.8) is 0 Å². The van der Waals surface area contributed by atoms with Crippen molar-refractivity contribution in [1.29, 1.82) is 0 Å². The Morgan fingerprint density at radius 1 is 0.315 bits per heavy atom. The van der Waals surface area contributed by atoms with Crippen molar-refractivity contribution in [1.82, 2.24) is 0 Å². The van der Waals surface area contributed by atoms with Gasteiger partial charge in [0, 0.05) is 16.8 Å². The molecular formula is C53H37N. The van der Waals surface area contributed by atoms with Crippen molar-refractivity contribution in [2.45, 2.75) is 5.41 Å². The van der Waals surface area contributed by atoms with Crippen LogP contribution in [0.1, 0.15) is 22.3 Å². The average molecular weight is 688 g/mol. The van der Waals surface area contributed by atoms with Gasteiger partial charge in [0.05, 0.1) is 11.1 Å². The topological polar surface area (TPSA) is 3.24 Å². The van der Waals surface area contributed by atoms with E-state index in [0.29, 0.717) is 0 Å². The molecule has 0 amide bonds. The SMILES string of the molecule is c1ccc(-c2cccc(N(c3ccccc3)c3cc4c(c5ccccc35)C(c3ccccc3)(c3ccccc3)c3cc(-c5ccccc5)ccc3-4)c2)cc1. The van der Waals surface area contributed by atoms with Gasteiger partial charge in [-0.15, -0.1) is 0 Å². The maximum absolute atomic E-state index is 2.47. The zero-order valence-electron chi connectivity index (χ0n) is 29.8. The molecule has 9 aromatic rings. The van der Waals surface area contributed by atoms with E-state index in [2.05, 4.69) is 229 Å². The Kier molecular flexibility index (Phi) is 7.78. The zero-order chi connectivity index (χ0) is 35.9. The molecule has 1 aliphatic rings. The van der Waals surface area contributed by atoms with E-state index in [-0.39, 0.29) is 0 Å². The van der Waals surface area contributed by atoms with E-state index in [1.807, 2.05) is 0 Å². The highest BCUT2D eigenvalue weighted by Gasteiger charge is 2.48. The molecule has 0 saturated heterocycles. The molecule has 0 N–H and O–H groups in total. The summed E-state index contributed by atoms with van der Waals surface area (Å²) in [6.07, 6.45) is 0. The molecule has 0 saturated carbocycles. The number of para-hydroxylation sites is 1. The Bertz CT molecular complexity index is 2700. The molecule has 0 fully saturated rings. The fraction of sp³-hybridized carbons (Fsp3) is 0.0189. The molecular weight excluding hydrogens is 651 g/mol. The molecule has 9 aromatic carbocycles. The average Bonchev–Trinajstić information content (AvgIpc) is 3.56. The third kappa shape index (κ3) is 5.09. The van der Waals surface area contributed by atoms with Crippen LogP contribution >= 0.6 is 0 Å². The molecule has 0 radical (unpaired) electrons. The Balaban J connectivity index is 1.32. The molecule has 1 nitrogen and oxygen atoms in total. The van der Waals surface area contributed by atoms with Gasteiger partial charge in [0.2, 0.25) is 0 Å². The van der Waals surface area contributed by atoms with Crippen LogP contribution in [-0.4, -0.2) is 0 Å². The van der Waals surface area contributed by atoms with Crippen molar-refractivity contribution in [2.75, 3.05) is 4.90 Å². The predicted molar refractivity (Wildman–Crippen MR) is 227 cm³/mol. The Morgan fingerprint density at radius 3 is 1.41 bits per heavy atom. The van der Waals surface area contributed by atoms with Gasteiger partial charge in [0.25, 0.3) is 0 Å². The first-order chi connectivity index (χ1) is 26.8. The predicted octanol–water partition coefficient (Wildman–Crippen LogP) is 14.0. The Labute approximate surface area is 317 Å². The number of fused-ring (bicyclic) bond motifs is 5. The molecule has 0 atom stereocenters. The van der Waals surface area contributed by atoms with Crippen LogP contribution in [0.5, 0.6) is 0 Å². The smallest absolute Gasteiger partial charge is 0.0719 e. The van der Waals surface area contributed by atoms with Crippen molar-refractivity contribution >= 4 is 27.8 Å². The normalized spacial score (nSPS) is 12.6. The van der Waals surface area contributed by atoms with Crippen LogP contribution in [0.4, 0.5) is 17.1 Å². The summed E-state index contributed by atoms with van der Waals surface area (Å²) in [6.45, 7) is 0. The van der Waals surface area contributed by atoms with Crippen LogP contribution in [0.15, 0.2) is 224 Å². The van der Waals surface area contributed by atoms with Crippen molar-refractivity contribution in [3.8, 4) is 33.4 Å². The van der Waals surface area contributed by atoms with Crippen LogP contribution in [-0.2, 0) is 5.41 Å². The first-order valence-electron chi connectivity index (χ1n) is 18.7. The summed E-state index contributed by atoms with van der Waals surface area (Å²) in [7, 11) is 0. The molecule has 0 aromatic heterocycles. The maximum atomic E-state index is 2.47. The van der Waals surface area contributed by atoms with Crippen molar-refractivity contribution in [2.24, 2.45) is 0 Å². The van der Waals surface area contributed by atoms with Crippen LogP contribution < -0.4 is 4.90 Å². The monoisotopic (exact) mass is 687 g/mol. The highest BCUT2D eigenvalue weighted by atomic mass is 15.1. The van der Waals surface area contributed by atoms with Gasteiger partial charge in [-0.2, -0.15) is 0 Å². The van der Waals surface area contributed by atoms with E-state index in [0.717, 1.165) is 17.1 Å². The molecule has 0 heterocycles. The number of benzene rings is 9.